The molecule has 6 nitrogen and oxygen atoms in total. The molecule has 0 aliphatic carbocycles. The van der Waals surface area contributed by atoms with Gasteiger partial charge in [0.2, 0.25) is 5.69 Å². The van der Waals surface area contributed by atoms with Gasteiger partial charge in [-0.3, -0.25) is 14.9 Å². The third kappa shape index (κ3) is 2.05. The first-order valence-electron chi connectivity index (χ1n) is 4.90. The lowest BCUT2D eigenvalue weighted by Crippen LogP contribution is -2.00. The van der Waals surface area contributed by atoms with Gasteiger partial charge in [-0.05, 0) is 12.1 Å². The summed E-state index contributed by atoms with van der Waals surface area (Å²) in [6.45, 7) is 1.25. The van der Waals surface area contributed by atoms with E-state index in [1.54, 1.807) is 24.3 Å². The van der Waals surface area contributed by atoms with Crippen molar-refractivity contribution in [3.8, 4) is 5.69 Å². The zero-order valence-electron chi connectivity index (χ0n) is 9.03. The summed E-state index contributed by atoms with van der Waals surface area (Å²) in [6, 6.07) is 8.90. The lowest BCUT2D eigenvalue weighted by atomic mass is 10.3. The van der Waals surface area contributed by atoms with E-state index in [4.69, 9.17) is 0 Å². The fourth-order valence-electron chi connectivity index (χ4n) is 1.46. The van der Waals surface area contributed by atoms with E-state index in [2.05, 4.69) is 5.10 Å². The summed E-state index contributed by atoms with van der Waals surface area (Å²) in [5.74, 6) is -0.425. The number of Topliss-reactive ketones (excluding diaryl/α,β-unsaturated/α-hetero) is 1. The predicted molar refractivity (Wildman–Crippen MR) is 60.2 cm³/mol. The second-order valence-corrected chi connectivity index (χ2v) is 3.46. The molecule has 1 heterocycles. The molecule has 0 saturated heterocycles. The molecule has 6 heteroatoms. The Hall–Kier alpha value is -2.50. The Morgan fingerprint density at radius 3 is 2.47 bits per heavy atom. The van der Waals surface area contributed by atoms with Crippen molar-refractivity contribution in [1.82, 2.24) is 9.78 Å². The van der Waals surface area contributed by atoms with Crippen molar-refractivity contribution in [3.05, 3.63) is 52.3 Å². The number of benzene rings is 1. The number of ketones is 1. The summed E-state index contributed by atoms with van der Waals surface area (Å²) in [5, 5.41) is 14.7. The van der Waals surface area contributed by atoms with Crippen LogP contribution in [0.15, 0.2) is 36.5 Å². The topological polar surface area (TPSA) is 78.0 Å². The van der Waals surface area contributed by atoms with Crippen LogP contribution in [0.25, 0.3) is 5.69 Å². The van der Waals surface area contributed by atoms with Crippen LogP contribution in [0.3, 0.4) is 0 Å². The number of hydrogen-bond donors (Lipinski definition) is 0. The predicted octanol–water partition coefficient (Wildman–Crippen LogP) is 1.98. The number of nitrogens with zero attached hydrogens (tertiary/aromatic N) is 3. The van der Waals surface area contributed by atoms with Crippen LogP contribution in [0.1, 0.15) is 17.4 Å². The average molecular weight is 231 g/mol. The fraction of sp³-hybridized carbons (Fsp3) is 0.0909. The Balaban J connectivity index is 2.55. The Bertz CT molecular complexity index is 543. The summed E-state index contributed by atoms with van der Waals surface area (Å²) in [5.41, 5.74) is 0.267. The van der Waals surface area contributed by atoms with E-state index >= 15 is 0 Å². The second kappa shape index (κ2) is 4.17. The summed E-state index contributed by atoms with van der Waals surface area (Å²) >= 11 is 0. The van der Waals surface area contributed by atoms with Crippen molar-refractivity contribution in [2.75, 3.05) is 0 Å². The van der Waals surface area contributed by atoms with Crippen molar-refractivity contribution in [3.63, 3.8) is 0 Å². The van der Waals surface area contributed by atoms with Gasteiger partial charge in [0.1, 0.15) is 6.20 Å². The zero-order chi connectivity index (χ0) is 12.4. The van der Waals surface area contributed by atoms with E-state index in [1.807, 2.05) is 6.07 Å². The lowest BCUT2D eigenvalue weighted by molar-refractivity contribution is -0.385. The van der Waals surface area contributed by atoms with Gasteiger partial charge in [-0.15, -0.1) is 0 Å². The van der Waals surface area contributed by atoms with Crippen molar-refractivity contribution >= 4 is 11.5 Å². The molecule has 0 N–H and O–H groups in total. The zero-order valence-corrected chi connectivity index (χ0v) is 9.03. The molecular weight excluding hydrogens is 222 g/mol. The van der Waals surface area contributed by atoms with Crippen molar-refractivity contribution < 1.29 is 9.72 Å². The van der Waals surface area contributed by atoms with E-state index in [0.29, 0.717) is 5.69 Å². The van der Waals surface area contributed by atoms with Crippen LogP contribution < -0.4 is 0 Å². The van der Waals surface area contributed by atoms with Crippen LogP contribution in [0, 0.1) is 10.1 Å². The van der Waals surface area contributed by atoms with E-state index in [-0.39, 0.29) is 11.4 Å². The maximum absolute atomic E-state index is 11.2. The summed E-state index contributed by atoms with van der Waals surface area (Å²) in [6.07, 6.45) is 1.24. The van der Waals surface area contributed by atoms with E-state index < -0.39 is 10.7 Å². The smallest absolute Gasteiger partial charge is 0.292 e. The van der Waals surface area contributed by atoms with Crippen molar-refractivity contribution in [1.29, 1.82) is 0 Å². The monoisotopic (exact) mass is 231 g/mol. The van der Waals surface area contributed by atoms with E-state index in [9.17, 15) is 14.9 Å². The molecule has 1 aromatic carbocycles. The number of para-hydroxylation sites is 1. The minimum Gasteiger partial charge on any atom is -0.292 e. The van der Waals surface area contributed by atoms with E-state index in [1.165, 1.54) is 17.8 Å². The van der Waals surface area contributed by atoms with Crippen LogP contribution >= 0.6 is 0 Å². The lowest BCUT2D eigenvalue weighted by Gasteiger charge is -1.97. The molecular formula is C11H9N3O3. The Morgan fingerprint density at radius 2 is 2.00 bits per heavy atom. The van der Waals surface area contributed by atoms with Crippen LogP contribution in [-0.4, -0.2) is 20.5 Å². The molecule has 0 saturated carbocycles. The van der Waals surface area contributed by atoms with Gasteiger partial charge in [-0.2, -0.15) is 5.10 Å². The van der Waals surface area contributed by atoms with Crippen LogP contribution in [-0.2, 0) is 0 Å². The third-order valence-electron chi connectivity index (χ3n) is 2.25. The van der Waals surface area contributed by atoms with Gasteiger partial charge in [0.15, 0.2) is 5.78 Å². The molecule has 2 rings (SSSR count). The molecule has 0 amide bonds. The Kier molecular flexibility index (Phi) is 2.70. The van der Waals surface area contributed by atoms with Crippen LogP contribution in [0.4, 0.5) is 5.69 Å². The van der Waals surface area contributed by atoms with Gasteiger partial charge >= 0.3 is 5.69 Å². The third-order valence-corrected chi connectivity index (χ3v) is 2.25. The largest absolute Gasteiger partial charge is 0.318 e. The highest BCUT2D eigenvalue weighted by Gasteiger charge is 2.23. The number of aromatic nitrogens is 2. The Labute approximate surface area is 96.6 Å². The van der Waals surface area contributed by atoms with Crippen LogP contribution in [0.2, 0.25) is 0 Å². The molecule has 0 fully saturated rings. The highest BCUT2D eigenvalue weighted by molar-refractivity contribution is 5.95. The maximum atomic E-state index is 11.2. The molecule has 1 aromatic heterocycles. The Morgan fingerprint density at radius 1 is 1.35 bits per heavy atom. The first kappa shape index (κ1) is 11.0. The molecule has 0 aliphatic rings. The number of carbonyl (C=O) groups excluding carboxylic acids is 1. The molecule has 0 atom stereocenters. The number of rotatable bonds is 3. The normalized spacial score (nSPS) is 10.2. The van der Waals surface area contributed by atoms with Crippen molar-refractivity contribution in [2.24, 2.45) is 0 Å². The summed E-state index contributed by atoms with van der Waals surface area (Å²) in [4.78, 5) is 21.4. The number of carbonyl (C=O) groups is 1. The van der Waals surface area contributed by atoms with Gasteiger partial charge in [-0.1, -0.05) is 18.2 Å². The van der Waals surface area contributed by atoms with Gasteiger partial charge in [-0.25, -0.2) is 4.68 Å². The number of hydrogen-bond acceptors (Lipinski definition) is 4. The highest BCUT2D eigenvalue weighted by atomic mass is 16.6. The quantitative estimate of drug-likeness (QED) is 0.459. The first-order valence-corrected chi connectivity index (χ1v) is 4.90. The minimum atomic E-state index is -0.608. The van der Waals surface area contributed by atoms with Gasteiger partial charge < -0.3 is 0 Å². The highest BCUT2D eigenvalue weighted by Crippen LogP contribution is 2.19. The van der Waals surface area contributed by atoms with E-state index in [0.717, 1.165) is 0 Å². The molecule has 0 radical (unpaired) electrons. The summed E-state index contributed by atoms with van der Waals surface area (Å²) < 4.78 is 1.33. The molecule has 0 spiro atoms. The molecule has 2 aromatic rings. The van der Waals surface area contributed by atoms with Gasteiger partial charge in [0.25, 0.3) is 0 Å². The van der Waals surface area contributed by atoms with Gasteiger partial charge in [0, 0.05) is 6.92 Å². The first-order chi connectivity index (χ1) is 8.09. The molecule has 0 unspecified atom stereocenters. The minimum absolute atomic E-state index is 0.126. The van der Waals surface area contributed by atoms with Crippen LogP contribution in [0.5, 0.6) is 0 Å². The van der Waals surface area contributed by atoms with Crippen molar-refractivity contribution in [2.45, 2.75) is 6.92 Å². The second-order valence-electron chi connectivity index (χ2n) is 3.46. The average Bonchev–Trinajstić information content (AvgIpc) is 2.75. The summed E-state index contributed by atoms with van der Waals surface area (Å²) in [7, 11) is 0. The molecule has 0 aliphatic heterocycles. The maximum Gasteiger partial charge on any atom is 0.318 e. The SMILES string of the molecule is CC(=O)c1nn(-c2ccccc2)cc1[N+](=O)[O-]. The van der Waals surface area contributed by atoms with Gasteiger partial charge in [0.05, 0.1) is 10.6 Å². The molecule has 17 heavy (non-hydrogen) atoms. The standard InChI is InChI=1S/C11H9N3O3/c1-8(15)11-10(14(16)17)7-13(12-11)9-5-3-2-4-6-9/h2-7H,1H3. The molecule has 0 bridgehead atoms. The number of nitro groups is 1. The fourth-order valence-corrected chi connectivity index (χ4v) is 1.46. The molecule has 86 valence electrons.